The van der Waals surface area contributed by atoms with E-state index in [1.54, 1.807) is 0 Å². The molecule has 3 N–H and O–H groups in total. The highest BCUT2D eigenvalue weighted by atomic mass is 127. The van der Waals surface area contributed by atoms with Crippen LogP contribution in [0.4, 0.5) is 27.6 Å². The van der Waals surface area contributed by atoms with Gasteiger partial charge in [0.15, 0.2) is 5.96 Å². The van der Waals surface area contributed by atoms with E-state index in [0.29, 0.717) is 18.5 Å². The van der Waals surface area contributed by atoms with Crippen molar-refractivity contribution in [1.82, 2.24) is 0 Å². The van der Waals surface area contributed by atoms with Crippen LogP contribution in [0.25, 0.3) is 0 Å². The molecular formula is C15H19F5IN3O. The average Bonchev–Trinajstić information content (AvgIpc) is 2.45. The zero-order valence-electron chi connectivity index (χ0n) is 13.2. The van der Waals surface area contributed by atoms with Gasteiger partial charge in [-0.2, -0.15) is 0 Å². The molecular weight excluding hydrogens is 460 g/mol. The number of hydrogen-bond donors (Lipinski definition) is 2. The van der Waals surface area contributed by atoms with Crippen LogP contribution in [0.3, 0.4) is 0 Å². The SMILES string of the molecule is I.NC(=NCC1CCCC(F)(F)C1)Nc1ccc(OC(F)(F)F)cc1. The second kappa shape index (κ2) is 8.86. The van der Waals surface area contributed by atoms with E-state index in [2.05, 4.69) is 15.0 Å². The third-order valence-corrected chi connectivity index (χ3v) is 3.62. The van der Waals surface area contributed by atoms with Gasteiger partial charge in [0.25, 0.3) is 0 Å². The lowest BCUT2D eigenvalue weighted by Crippen LogP contribution is -2.29. The first-order valence-electron chi connectivity index (χ1n) is 7.43. The molecule has 1 aromatic rings. The molecule has 1 fully saturated rings. The Bertz CT molecular complexity index is 578. The summed E-state index contributed by atoms with van der Waals surface area (Å²) in [6.45, 7) is 0.184. The maximum absolute atomic E-state index is 13.3. The van der Waals surface area contributed by atoms with Gasteiger partial charge in [-0.3, -0.25) is 4.99 Å². The van der Waals surface area contributed by atoms with E-state index in [1.807, 2.05) is 0 Å². The van der Waals surface area contributed by atoms with Crippen molar-refractivity contribution < 1.29 is 26.7 Å². The van der Waals surface area contributed by atoms with Gasteiger partial charge in [-0.15, -0.1) is 37.1 Å². The van der Waals surface area contributed by atoms with Crippen LogP contribution in [0.1, 0.15) is 25.7 Å². The van der Waals surface area contributed by atoms with Gasteiger partial charge >= 0.3 is 6.36 Å². The van der Waals surface area contributed by atoms with Gasteiger partial charge < -0.3 is 15.8 Å². The molecule has 0 bridgehead atoms. The van der Waals surface area contributed by atoms with Crippen molar-refractivity contribution in [3.8, 4) is 5.75 Å². The molecule has 1 aliphatic rings. The summed E-state index contributed by atoms with van der Waals surface area (Å²) in [4.78, 5) is 4.03. The first-order chi connectivity index (χ1) is 11.1. The molecule has 0 aliphatic heterocycles. The number of halogens is 6. The van der Waals surface area contributed by atoms with Crippen LogP contribution < -0.4 is 15.8 Å². The molecule has 0 amide bonds. The Morgan fingerprint density at radius 3 is 2.48 bits per heavy atom. The number of ether oxygens (including phenoxy) is 1. The Hall–Kier alpha value is -1.33. The molecule has 1 saturated carbocycles. The van der Waals surface area contributed by atoms with Gasteiger partial charge in [-0.25, -0.2) is 8.78 Å². The predicted molar refractivity (Wildman–Crippen MR) is 95.6 cm³/mol. The monoisotopic (exact) mass is 479 g/mol. The van der Waals surface area contributed by atoms with Crippen molar-refractivity contribution in [2.75, 3.05) is 11.9 Å². The molecule has 4 nitrogen and oxygen atoms in total. The Morgan fingerprint density at radius 2 is 1.92 bits per heavy atom. The molecule has 1 atom stereocenters. The smallest absolute Gasteiger partial charge is 0.406 e. The van der Waals surface area contributed by atoms with Crippen molar-refractivity contribution in [3.63, 3.8) is 0 Å². The van der Waals surface area contributed by atoms with Gasteiger partial charge in [0.05, 0.1) is 0 Å². The summed E-state index contributed by atoms with van der Waals surface area (Å²) in [6.07, 6.45) is -3.91. The summed E-state index contributed by atoms with van der Waals surface area (Å²) in [6, 6.07) is 4.95. The lowest BCUT2D eigenvalue weighted by molar-refractivity contribution is -0.274. The maximum atomic E-state index is 13.3. The van der Waals surface area contributed by atoms with Gasteiger partial charge in [-0.1, -0.05) is 0 Å². The molecule has 142 valence electrons. The lowest BCUT2D eigenvalue weighted by atomic mass is 9.87. The third kappa shape index (κ3) is 8.06. The number of hydrogen-bond acceptors (Lipinski definition) is 2. The van der Waals surface area contributed by atoms with Crippen LogP contribution in [0.2, 0.25) is 0 Å². The van der Waals surface area contributed by atoms with E-state index in [1.165, 1.54) is 12.1 Å². The second-order valence-corrected chi connectivity index (χ2v) is 5.74. The Balaban J connectivity index is 0.00000312. The number of guanidine groups is 1. The maximum Gasteiger partial charge on any atom is 0.573 e. The third-order valence-electron chi connectivity index (χ3n) is 3.62. The first kappa shape index (κ1) is 21.7. The van der Waals surface area contributed by atoms with E-state index in [-0.39, 0.29) is 61.0 Å². The van der Waals surface area contributed by atoms with Crippen molar-refractivity contribution in [1.29, 1.82) is 0 Å². The zero-order chi connectivity index (χ0) is 17.8. The topological polar surface area (TPSA) is 59.6 Å². The zero-order valence-corrected chi connectivity index (χ0v) is 15.5. The first-order valence-corrected chi connectivity index (χ1v) is 7.43. The normalized spacial score (nSPS) is 20.5. The van der Waals surface area contributed by atoms with Crippen LogP contribution in [0.5, 0.6) is 5.75 Å². The minimum Gasteiger partial charge on any atom is -0.406 e. The Morgan fingerprint density at radius 1 is 1.28 bits per heavy atom. The number of anilines is 1. The standard InChI is InChI=1S/C15H18F5N3O.HI/c16-14(17)7-1-2-10(8-14)9-22-13(21)23-11-3-5-12(6-4-11)24-15(18,19)20;/h3-6,10H,1-2,7-9H2,(H3,21,22,23);1H. The van der Waals surface area contributed by atoms with Gasteiger partial charge in [0.2, 0.25) is 5.92 Å². The average molecular weight is 479 g/mol. The largest absolute Gasteiger partial charge is 0.573 e. The van der Waals surface area contributed by atoms with Crippen LogP contribution in [0.15, 0.2) is 29.3 Å². The van der Waals surface area contributed by atoms with Gasteiger partial charge in [-0.05, 0) is 43.0 Å². The van der Waals surface area contributed by atoms with Gasteiger partial charge in [0, 0.05) is 25.1 Å². The number of benzene rings is 1. The summed E-state index contributed by atoms with van der Waals surface area (Å²) in [5, 5.41) is 2.70. The number of nitrogens with zero attached hydrogens (tertiary/aromatic N) is 1. The van der Waals surface area contributed by atoms with Crippen LogP contribution in [-0.2, 0) is 0 Å². The summed E-state index contributed by atoms with van der Waals surface area (Å²) in [5.41, 5.74) is 6.09. The highest BCUT2D eigenvalue weighted by Gasteiger charge is 2.36. The van der Waals surface area contributed by atoms with E-state index in [9.17, 15) is 22.0 Å². The highest BCUT2D eigenvalue weighted by Crippen LogP contribution is 2.36. The molecule has 0 heterocycles. The van der Waals surface area contributed by atoms with Crippen molar-refractivity contribution >= 4 is 35.6 Å². The molecule has 25 heavy (non-hydrogen) atoms. The quantitative estimate of drug-likeness (QED) is 0.284. The van der Waals surface area contributed by atoms with E-state index in [0.717, 1.165) is 12.1 Å². The summed E-state index contributed by atoms with van der Waals surface area (Å²) >= 11 is 0. The Labute approximate surface area is 159 Å². The molecule has 0 radical (unpaired) electrons. The number of rotatable bonds is 4. The number of alkyl halides is 5. The number of nitrogens with one attached hydrogen (secondary N) is 1. The molecule has 0 spiro atoms. The highest BCUT2D eigenvalue weighted by molar-refractivity contribution is 14.0. The fourth-order valence-corrected chi connectivity index (χ4v) is 2.59. The summed E-state index contributed by atoms with van der Waals surface area (Å²) in [5.74, 6) is -3.20. The molecule has 0 saturated heterocycles. The van der Waals surface area contributed by atoms with E-state index >= 15 is 0 Å². The fourth-order valence-electron chi connectivity index (χ4n) is 2.59. The van der Waals surface area contributed by atoms with Crippen molar-refractivity contribution in [2.24, 2.45) is 16.6 Å². The fraction of sp³-hybridized carbons (Fsp3) is 0.533. The molecule has 1 unspecified atom stereocenters. The predicted octanol–water partition coefficient (Wildman–Crippen LogP) is 4.76. The summed E-state index contributed by atoms with van der Waals surface area (Å²) in [7, 11) is 0. The Kier molecular flexibility index (Phi) is 7.69. The minimum atomic E-state index is -4.75. The lowest BCUT2D eigenvalue weighted by Gasteiger charge is -2.27. The molecule has 2 rings (SSSR count). The van der Waals surface area contributed by atoms with Gasteiger partial charge in [0.1, 0.15) is 5.75 Å². The second-order valence-electron chi connectivity index (χ2n) is 5.74. The van der Waals surface area contributed by atoms with Crippen LogP contribution in [-0.4, -0.2) is 24.8 Å². The number of nitrogens with two attached hydrogens (primary N) is 1. The molecule has 10 heteroatoms. The van der Waals surface area contributed by atoms with Crippen molar-refractivity contribution in [3.05, 3.63) is 24.3 Å². The van der Waals surface area contributed by atoms with E-state index in [4.69, 9.17) is 5.73 Å². The van der Waals surface area contributed by atoms with Crippen LogP contribution in [0, 0.1) is 5.92 Å². The summed E-state index contributed by atoms with van der Waals surface area (Å²) < 4.78 is 66.5. The molecule has 1 aromatic carbocycles. The van der Waals surface area contributed by atoms with Crippen molar-refractivity contribution in [2.45, 2.75) is 38.0 Å². The van der Waals surface area contributed by atoms with E-state index < -0.39 is 12.3 Å². The molecule has 1 aliphatic carbocycles. The minimum absolute atomic E-state index is 0. The molecule has 0 aromatic heterocycles. The number of aliphatic imine (C=N–C) groups is 1. The van der Waals surface area contributed by atoms with Crippen LogP contribution >= 0.6 is 24.0 Å².